The monoisotopic (exact) mass is 289 g/mol. The number of pyridine rings is 1. The molecule has 21 heavy (non-hydrogen) atoms. The maximum atomic E-state index is 5.37. The Kier molecular flexibility index (Phi) is 3.85. The van der Waals surface area contributed by atoms with Gasteiger partial charge in [0.15, 0.2) is 0 Å². The van der Waals surface area contributed by atoms with Crippen molar-refractivity contribution in [1.82, 2.24) is 19.7 Å². The quantitative estimate of drug-likeness (QED) is 0.862. The van der Waals surface area contributed by atoms with E-state index in [1.807, 2.05) is 6.92 Å². The number of methoxy groups -OCH3 is 2. The maximum absolute atomic E-state index is 5.37. The fourth-order valence-corrected chi connectivity index (χ4v) is 2.52. The standard InChI is InChI=1S/C14H19N5O2/c1-9-16-8-19(18-9)11-7-10-5-4-6-15-13(10)17-12(11)14(20-2)21-3/h7-8,14H,4-6H2,1-3H3,(H,15,17). The van der Waals surface area contributed by atoms with Gasteiger partial charge < -0.3 is 14.8 Å². The van der Waals surface area contributed by atoms with Crippen molar-refractivity contribution < 1.29 is 9.47 Å². The van der Waals surface area contributed by atoms with Crippen LogP contribution in [-0.2, 0) is 15.9 Å². The summed E-state index contributed by atoms with van der Waals surface area (Å²) in [6.07, 6.45) is 3.24. The number of rotatable bonds is 4. The number of nitrogens with one attached hydrogen (secondary N) is 1. The van der Waals surface area contributed by atoms with Gasteiger partial charge in [0.05, 0.1) is 5.69 Å². The van der Waals surface area contributed by atoms with Gasteiger partial charge in [-0.05, 0) is 31.4 Å². The summed E-state index contributed by atoms with van der Waals surface area (Å²) < 4.78 is 12.5. The Hall–Kier alpha value is -1.99. The molecule has 7 heteroatoms. The minimum atomic E-state index is -0.543. The highest BCUT2D eigenvalue weighted by atomic mass is 16.7. The van der Waals surface area contributed by atoms with E-state index in [9.17, 15) is 0 Å². The highest BCUT2D eigenvalue weighted by Gasteiger charge is 2.22. The second-order valence-electron chi connectivity index (χ2n) is 4.97. The number of aromatic nitrogens is 4. The minimum Gasteiger partial charge on any atom is -0.370 e. The van der Waals surface area contributed by atoms with Crippen molar-refractivity contribution in [3.8, 4) is 5.69 Å². The molecule has 7 nitrogen and oxygen atoms in total. The van der Waals surface area contributed by atoms with Crippen molar-refractivity contribution in [2.24, 2.45) is 0 Å². The van der Waals surface area contributed by atoms with Crippen LogP contribution in [0.15, 0.2) is 12.4 Å². The molecule has 0 aliphatic carbocycles. The molecule has 0 atom stereocenters. The topological polar surface area (TPSA) is 74.1 Å². The summed E-state index contributed by atoms with van der Waals surface area (Å²) in [6, 6.07) is 2.09. The zero-order valence-electron chi connectivity index (χ0n) is 12.5. The van der Waals surface area contributed by atoms with Crippen LogP contribution in [0.1, 0.15) is 29.8 Å². The molecule has 0 unspecified atom stereocenters. The first-order valence-electron chi connectivity index (χ1n) is 6.95. The van der Waals surface area contributed by atoms with E-state index < -0.39 is 6.29 Å². The molecule has 1 N–H and O–H groups in total. The molecule has 3 heterocycles. The van der Waals surface area contributed by atoms with Crippen molar-refractivity contribution in [2.45, 2.75) is 26.1 Å². The van der Waals surface area contributed by atoms with Gasteiger partial charge in [0, 0.05) is 20.8 Å². The molecule has 0 spiro atoms. The summed E-state index contributed by atoms with van der Waals surface area (Å²) in [6.45, 7) is 2.79. The van der Waals surface area contributed by atoms with Crippen LogP contribution in [0.5, 0.6) is 0 Å². The minimum absolute atomic E-state index is 0.543. The molecule has 2 aromatic rings. The number of hydrogen-bond donors (Lipinski definition) is 1. The Morgan fingerprint density at radius 1 is 1.33 bits per heavy atom. The summed E-state index contributed by atoms with van der Waals surface area (Å²) >= 11 is 0. The predicted octanol–water partition coefficient (Wildman–Crippen LogP) is 1.62. The zero-order valence-corrected chi connectivity index (χ0v) is 12.5. The highest BCUT2D eigenvalue weighted by Crippen LogP contribution is 2.29. The Labute approximate surface area is 123 Å². The lowest BCUT2D eigenvalue weighted by Crippen LogP contribution is -2.18. The van der Waals surface area contributed by atoms with Gasteiger partial charge in [-0.1, -0.05) is 0 Å². The SMILES string of the molecule is COC(OC)c1nc2c(cc1-n1cnc(C)n1)CCCN2. The third-order valence-corrected chi connectivity index (χ3v) is 3.53. The Bertz CT molecular complexity index is 636. The first-order chi connectivity index (χ1) is 10.2. The first kappa shape index (κ1) is 14.0. The summed E-state index contributed by atoms with van der Waals surface area (Å²) in [5.74, 6) is 1.61. The average molecular weight is 289 g/mol. The van der Waals surface area contributed by atoms with Crippen molar-refractivity contribution in [3.63, 3.8) is 0 Å². The van der Waals surface area contributed by atoms with Crippen molar-refractivity contribution in [3.05, 3.63) is 29.5 Å². The van der Waals surface area contributed by atoms with Gasteiger partial charge in [0.2, 0.25) is 6.29 Å². The third kappa shape index (κ3) is 2.62. The van der Waals surface area contributed by atoms with Crippen LogP contribution in [-0.4, -0.2) is 40.5 Å². The molecule has 0 fully saturated rings. The largest absolute Gasteiger partial charge is 0.370 e. The van der Waals surface area contributed by atoms with Gasteiger partial charge >= 0.3 is 0 Å². The average Bonchev–Trinajstić information content (AvgIpc) is 2.94. The fourth-order valence-electron chi connectivity index (χ4n) is 2.52. The van der Waals surface area contributed by atoms with Crippen molar-refractivity contribution >= 4 is 5.82 Å². The van der Waals surface area contributed by atoms with Crippen LogP contribution in [0.3, 0.4) is 0 Å². The number of aryl methyl sites for hydroxylation is 2. The first-order valence-corrected chi connectivity index (χ1v) is 6.95. The molecule has 3 rings (SSSR count). The summed E-state index contributed by atoms with van der Waals surface area (Å²) in [5, 5.41) is 7.70. The predicted molar refractivity (Wildman–Crippen MR) is 77.5 cm³/mol. The van der Waals surface area contributed by atoms with Crippen LogP contribution in [0, 0.1) is 6.92 Å². The second-order valence-corrected chi connectivity index (χ2v) is 4.97. The van der Waals surface area contributed by atoms with E-state index in [0.29, 0.717) is 11.5 Å². The lowest BCUT2D eigenvalue weighted by Gasteiger charge is -2.22. The summed E-state index contributed by atoms with van der Waals surface area (Å²) in [7, 11) is 3.19. The number of hydrogen-bond acceptors (Lipinski definition) is 6. The zero-order chi connectivity index (χ0) is 14.8. The Morgan fingerprint density at radius 3 is 2.81 bits per heavy atom. The molecule has 0 saturated heterocycles. The molecule has 112 valence electrons. The molecule has 0 aromatic carbocycles. The van der Waals surface area contributed by atoms with Gasteiger partial charge in [-0.3, -0.25) is 0 Å². The van der Waals surface area contributed by atoms with Gasteiger partial charge in [0.1, 0.15) is 23.7 Å². The molecular formula is C14H19N5O2. The van der Waals surface area contributed by atoms with E-state index in [-0.39, 0.29) is 0 Å². The lowest BCUT2D eigenvalue weighted by molar-refractivity contribution is -0.108. The van der Waals surface area contributed by atoms with Crippen LogP contribution in [0.2, 0.25) is 0 Å². The molecule has 0 saturated carbocycles. The number of nitrogens with zero attached hydrogens (tertiary/aromatic N) is 4. The Morgan fingerprint density at radius 2 is 2.14 bits per heavy atom. The number of ether oxygens (including phenoxy) is 2. The van der Waals surface area contributed by atoms with Crippen LogP contribution >= 0.6 is 0 Å². The molecule has 0 radical (unpaired) electrons. The van der Waals surface area contributed by atoms with Gasteiger partial charge in [-0.25, -0.2) is 14.6 Å². The van der Waals surface area contributed by atoms with Crippen molar-refractivity contribution in [2.75, 3.05) is 26.1 Å². The smallest absolute Gasteiger partial charge is 0.202 e. The molecule has 2 aromatic heterocycles. The van der Waals surface area contributed by atoms with Gasteiger partial charge in [-0.15, -0.1) is 0 Å². The van der Waals surface area contributed by atoms with Gasteiger partial charge in [0.25, 0.3) is 0 Å². The van der Waals surface area contributed by atoms with E-state index in [2.05, 4.69) is 21.5 Å². The molecule has 1 aliphatic heterocycles. The van der Waals surface area contributed by atoms with Crippen molar-refractivity contribution in [1.29, 1.82) is 0 Å². The normalized spacial score (nSPS) is 14.1. The van der Waals surface area contributed by atoms with Crippen LogP contribution in [0.25, 0.3) is 5.69 Å². The van der Waals surface area contributed by atoms with E-state index >= 15 is 0 Å². The van der Waals surface area contributed by atoms with Crippen LogP contribution < -0.4 is 5.32 Å². The Balaban J connectivity index is 2.14. The summed E-state index contributed by atoms with van der Waals surface area (Å²) in [5.41, 5.74) is 2.71. The van der Waals surface area contributed by atoms with Crippen LogP contribution in [0.4, 0.5) is 5.82 Å². The third-order valence-electron chi connectivity index (χ3n) is 3.53. The number of fused-ring (bicyclic) bond motifs is 1. The lowest BCUT2D eigenvalue weighted by atomic mass is 10.1. The maximum Gasteiger partial charge on any atom is 0.202 e. The number of anilines is 1. The molecule has 0 amide bonds. The molecular weight excluding hydrogens is 270 g/mol. The fraction of sp³-hybridized carbons (Fsp3) is 0.500. The van der Waals surface area contributed by atoms with E-state index in [1.54, 1.807) is 25.2 Å². The van der Waals surface area contributed by atoms with E-state index in [0.717, 1.165) is 30.9 Å². The van der Waals surface area contributed by atoms with E-state index in [1.165, 1.54) is 5.56 Å². The van der Waals surface area contributed by atoms with Gasteiger partial charge in [-0.2, -0.15) is 5.10 Å². The van der Waals surface area contributed by atoms with E-state index in [4.69, 9.17) is 14.5 Å². The molecule has 1 aliphatic rings. The molecule has 0 bridgehead atoms. The second kappa shape index (κ2) is 5.79. The highest BCUT2D eigenvalue weighted by molar-refractivity contribution is 5.54. The summed E-state index contributed by atoms with van der Waals surface area (Å²) in [4.78, 5) is 8.88.